The van der Waals surface area contributed by atoms with Crippen molar-refractivity contribution in [3.8, 4) is 0 Å². The second kappa shape index (κ2) is 5.84. The lowest BCUT2D eigenvalue weighted by atomic mass is 10.1. The number of carbonyl (C=O) groups is 1. The van der Waals surface area contributed by atoms with Crippen molar-refractivity contribution < 1.29 is 28.3 Å². The third-order valence-corrected chi connectivity index (χ3v) is 5.00. The van der Waals surface area contributed by atoms with Crippen LogP contribution in [0.15, 0.2) is 24.3 Å². The van der Waals surface area contributed by atoms with Gasteiger partial charge in [0, 0.05) is 19.8 Å². The molecule has 0 radical (unpaired) electrons. The Kier molecular flexibility index (Phi) is 4.87. The van der Waals surface area contributed by atoms with Gasteiger partial charge >= 0.3 is 13.6 Å². The van der Waals surface area contributed by atoms with Gasteiger partial charge in [0.2, 0.25) is 0 Å². The average Bonchev–Trinajstić information content (AvgIpc) is 2.45. The van der Waals surface area contributed by atoms with Crippen molar-refractivity contribution in [2.75, 3.05) is 21.3 Å². The SMILES string of the molecule is COC(=O)[C@@](O)(c1ccc(C)cc1)P(=O)(OC)OC. The van der Waals surface area contributed by atoms with Crippen LogP contribution in [0, 0.1) is 6.92 Å². The Labute approximate surface area is 111 Å². The minimum absolute atomic E-state index is 0.0805. The number of esters is 1. The van der Waals surface area contributed by atoms with Crippen LogP contribution in [-0.2, 0) is 28.5 Å². The Hall–Kier alpha value is -1.20. The third kappa shape index (κ3) is 2.58. The summed E-state index contributed by atoms with van der Waals surface area (Å²) < 4.78 is 26.5. The average molecular weight is 288 g/mol. The van der Waals surface area contributed by atoms with Crippen molar-refractivity contribution in [1.29, 1.82) is 0 Å². The Morgan fingerprint density at radius 3 is 2.00 bits per heavy atom. The first-order valence-electron chi connectivity index (χ1n) is 5.45. The lowest BCUT2D eigenvalue weighted by molar-refractivity contribution is -0.156. The van der Waals surface area contributed by atoms with Crippen molar-refractivity contribution in [2.24, 2.45) is 0 Å². The number of rotatable bonds is 5. The molecule has 1 rings (SSSR count). The number of aryl methyl sites for hydroxylation is 1. The van der Waals surface area contributed by atoms with Crippen molar-refractivity contribution in [1.82, 2.24) is 0 Å². The highest BCUT2D eigenvalue weighted by atomic mass is 31.2. The summed E-state index contributed by atoms with van der Waals surface area (Å²) in [7, 11) is -0.872. The Bertz CT molecular complexity index is 489. The molecule has 1 aromatic rings. The van der Waals surface area contributed by atoms with Crippen LogP contribution in [-0.4, -0.2) is 32.4 Å². The van der Waals surface area contributed by atoms with Gasteiger partial charge in [0.05, 0.1) is 7.11 Å². The zero-order valence-corrected chi connectivity index (χ0v) is 12.1. The molecule has 106 valence electrons. The van der Waals surface area contributed by atoms with Gasteiger partial charge in [0.15, 0.2) is 0 Å². The Balaban J connectivity index is 3.48. The fourth-order valence-corrected chi connectivity index (χ4v) is 3.11. The number of benzene rings is 1. The maximum atomic E-state index is 12.5. The molecule has 0 saturated carbocycles. The van der Waals surface area contributed by atoms with E-state index in [9.17, 15) is 14.5 Å². The molecule has 0 aliphatic heterocycles. The molecule has 0 spiro atoms. The molecule has 0 unspecified atom stereocenters. The van der Waals surface area contributed by atoms with E-state index in [1.807, 2.05) is 6.92 Å². The summed E-state index contributed by atoms with van der Waals surface area (Å²) in [6.45, 7) is 1.84. The summed E-state index contributed by atoms with van der Waals surface area (Å²) in [5.74, 6) is -1.11. The van der Waals surface area contributed by atoms with Crippen LogP contribution < -0.4 is 0 Å². The van der Waals surface area contributed by atoms with Gasteiger partial charge in [-0.05, 0) is 6.92 Å². The smallest absolute Gasteiger partial charge is 0.377 e. The van der Waals surface area contributed by atoms with Gasteiger partial charge in [-0.15, -0.1) is 0 Å². The van der Waals surface area contributed by atoms with E-state index in [4.69, 9.17) is 9.05 Å². The zero-order valence-electron chi connectivity index (χ0n) is 11.2. The van der Waals surface area contributed by atoms with Crippen LogP contribution in [0.2, 0.25) is 0 Å². The molecule has 1 aromatic carbocycles. The van der Waals surface area contributed by atoms with E-state index in [2.05, 4.69) is 4.74 Å². The molecular formula is C12H17O6P. The summed E-state index contributed by atoms with van der Waals surface area (Å²) in [4.78, 5) is 11.9. The Morgan fingerprint density at radius 1 is 1.16 bits per heavy atom. The second-order valence-electron chi connectivity index (χ2n) is 3.89. The molecule has 0 bridgehead atoms. The van der Waals surface area contributed by atoms with E-state index in [1.165, 1.54) is 12.1 Å². The van der Waals surface area contributed by atoms with E-state index in [0.717, 1.165) is 26.9 Å². The van der Waals surface area contributed by atoms with E-state index in [-0.39, 0.29) is 5.56 Å². The van der Waals surface area contributed by atoms with Gasteiger partial charge in [-0.1, -0.05) is 29.8 Å². The van der Waals surface area contributed by atoms with Crippen LogP contribution in [0.3, 0.4) is 0 Å². The number of methoxy groups -OCH3 is 1. The molecule has 1 N–H and O–H groups in total. The number of carbonyl (C=O) groups excluding carboxylic acids is 1. The van der Waals surface area contributed by atoms with Crippen molar-refractivity contribution in [2.45, 2.75) is 12.3 Å². The summed E-state index contributed by atoms with van der Waals surface area (Å²) >= 11 is 0. The highest BCUT2D eigenvalue weighted by Crippen LogP contribution is 2.63. The molecular weight excluding hydrogens is 271 g/mol. The molecule has 0 saturated heterocycles. The highest BCUT2D eigenvalue weighted by Gasteiger charge is 2.58. The minimum atomic E-state index is -4.13. The molecule has 0 aliphatic rings. The molecule has 7 heteroatoms. The molecule has 0 aromatic heterocycles. The maximum absolute atomic E-state index is 12.5. The number of hydrogen-bond donors (Lipinski definition) is 1. The van der Waals surface area contributed by atoms with Crippen molar-refractivity contribution >= 4 is 13.6 Å². The maximum Gasteiger partial charge on any atom is 0.377 e. The predicted octanol–water partition coefficient (Wildman–Crippen LogP) is 1.80. The molecule has 6 nitrogen and oxygen atoms in total. The quantitative estimate of drug-likeness (QED) is 0.657. The van der Waals surface area contributed by atoms with Crippen LogP contribution in [0.5, 0.6) is 0 Å². The van der Waals surface area contributed by atoms with Crippen LogP contribution in [0.4, 0.5) is 0 Å². The predicted molar refractivity (Wildman–Crippen MR) is 68.7 cm³/mol. The Morgan fingerprint density at radius 2 is 1.63 bits per heavy atom. The van der Waals surface area contributed by atoms with Gasteiger partial charge in [-0.3, -0.25) is 4.57 Å². The minimum Gasteiger partial charge on any atom is -0.466 e. The third-order valence-electron chi connectivity index (χ3n) is 2.80. The molecule has 1 atom stereocenters. The summed E-state index contributed by atoms with van der Waals surface area (Å²) in [5.41, 5.74) is 0.998. The van der Waals surface area contributed by atoms with Crippen LogP contribution in [0.25, 0.3) is 0 Å². The van der Waals surface area contributed by atoms with E-state index in [1.54, 1.807) is 12.1 Å². The van der Waals surface area contributed by atoms with E-state index >= 15 is 0 Å². The highest BCUT2D eigenvalue weighted by molar-refractivity contribution is 7.56. The van der Waals surface area contributed by atoms with Crippen LogP contribution in [0.1, 0.15) is 11.1 Å². The van der Waals surface area contributed by atoms with Gasteiger partial charge in [-0.2, -0.15) is 0 Å². The van der Waals surface area contributed by atoms with Gasteiger partial charge in [0.25, 0.3) is 5.34 Å². The van der Waals surface area contributed by atoms with E-state index < -0.39 is 18.9 Å². The number of ether oxygens (including phenoxy) is 1. The molecule has 19 heavy (non-hydrogen) atoms. The normalized spacial score (nSPS) is 14.8. The van der Waals surface area contributed by atoms with E-state index in [0.29, 0.717) is 0 Å². The largest absolute Gasteiger partial charge is 0.466 e. The molecule has 0 fully saturated rings. The zero-order chi connectivity index (χ0) is 14.7. The molecule has 0 heterocycles. The van der Waals surface area contributed by atoms with Gasteiger partial charge in [0.1, 0.15) is 0 Å². The monoisotopic (exact) mass is 288 g/mol. The van der Waals surface area contributed by atoms with Crippen LogP contribution >= 0.6 is 7.60 Å². The van der Waals surface area contributed by atoms with Crippen molar-refractivity contribution in [3.05, 3.63) is 35.4 Å². The molecule has 0 amide bonds. The summed E-state index contributed by atoms with van der Waals surface area (Å²) in [5, 5.41) is 8.07. The molecule has 0 aliphatic carbocycles. The first kappa shape index (κ1) is 15.9. The fourth-order valence-electron chi connectivity index (χ4n) is 1.65. The number of aliphatic hydroxyl groups is 1. The summed E-state index contributed by atoms with van der Waals surface area (Å²) in [6, 6.07) is 6.27. The summed E-state index contributed by atoms with van der Waals surface area (Å²) in [6.07, 6.45) is 0. The van der Waals surface area contributed by atoms with Crippen molar-refractivity contribution in [3.63, 3.8) is 0 Å². The lowest BCUT2D eigenvalue weighted by Gasteiger charge is -2.30. The lowest BCUT2D eigenvalue weighted by Crippen LogP contribution is -2.37. The topological polar surface area (TPSA) is 82.1 Å². The van der Waals surface area contributed by atoms with Gasteiger partial charge < -0.3 is 18.9 Å². The fraction of sp³-hybridized carbons (Fsp3) is 0.417. The van der Waals surface area contributed by atoms with Gasteiger partial charge in [-0.25, -0.2) is 4.79 Å². The first-order chi connectivity index (χ1) is 8.85. The second-order valence-corrected chi connectivity index (χ2v) is 6.26. The first-order valence-corrected chi connectivity index (χ1v) is 6.99. The standard InChI is InChI=1S/C12H17O6P/c1-9-5-7-10(8-6-9)12(14,11(13)16-2)19(15,17-3)18-4/h5-8,14H,1-4H3/t12-/m1/s1. The number of hydrogen-bond acceptors (Lipinski definition) is 6.